The summed E-state index contributed by atoms with van der Waals surface area (Å²) >= 11 is 6.28. The van der Waals surface area contributed by atoms with E-state index in [0.29, 0.717) is 13.0 Å². The number of rotatable bonds is 7. The zero-order chi connectivity index (χ0) is 14.4. The van der Waals surface area contributed by atoms with Crippen LogP contribution in [0.3, 0.4) is 0 Å². The topological polar surface area (TPSA) is 49.7 Å². The summed E-state index contributed by atoms with van der Waals surface area (Å²) in [6.07, 6.45) is 1.46. The van der Waals surface area contributed by atoms with Gasteiger partial charge in [-0.3, -0.25) is 0 Å². The number of hydrogen-bond donors (Lipinski definition) is 2. The van der Waals surface area contributed by atoms with Crippen LogP contribution < -0.4 is 4.74 Å². The summed E-state index contributed by atoms with van der Waals surface area (Å²) in [6, 6.07) is 1.96. The SMILES string of the molecule is CCOc1cc(C)c(Cl)c(C)c1CCC(CO)CO. The van der Waals surface area contributed by atoms with Crippen LogP contribution in [0.4, 0.5) is 0 Å². The summed E-state index contributed by atoms with van der Waals surface area (Å²) in [4.78, 5) is 0. The van der Waals surface area contributed by atoms with Crippen LogP contribution in [0.15, 0.2) is 6.07 Å². The third-order valence-electron chi connectivity index (χ3n) is 3.39. The molecule has 0 spiro atoms. The molecule has 0 aliphatic carbocycles. The highest BCUT2D eigenvalue weighted by atomic mass is 35.5. The second kappa shape index (κ2) is 7.73. The fraction of sp³-hybridized carbons (Fsp3) is 0.600. The molecule has 1 aromatic carbocycles. The second-order valence-electron chi connectivity index (χ2n) is 4.81. The smallest absolute Gasteiger partial charge is 0.123 e. The van der Waals surface area contributed by atoms with Gasteiger partial charge in [-0.15, -0.1) is 0 Å². The standard InChI is InChI=1S/C15H23ClO3/c1-4-19-14-7-10(2)15(16)11(3)13(14)6-5-12(8-17)9-18/h7,12,17-18H,4-6,8-9H2,1-3H3. The van der Waals surface area contributed by atoms with Crippen molar-refractivity contribution in [2.75, 3.05) is 19.8 Å². The third-order valence-corrected chi connectivity index (χ3v) is 3.97. The Kier molecular flexibility index (Phi) is 6.63. The third kappa shape index (κ3) is 4.10. The Labute approximate surface area is 120 Å². The molecule has 0 heterocycles. The Morgan fingerprint density at radius 2 is 1.89 bits per heavy atom. The lowest BCUT2D eigenvalue weighted by molar-refractivity contribution is 0.144. The molecule has 0 aliphatic rings. The second-order valence-corrected chi connectivity index (χ2v) is 5.19. The molecule has 0 amide bonds. The van der Waals surface area contributed by atoms with Crippen LogP contribution in [0.1, 0.15) is 30.0 Å². The molecule has 3 nitrogen and oxygen atoms in total. The van der Waals surface area contributed by atoms with Gasteiger partial charge in [0, 0.05) is 24.2 Å². The summed E-state index contributed by atoms with van der Waals surface area (Å²) in [7, 11) is 0. The highest BCUT2D eigenvalue weighted by molar-refractivity contribution is 6.32. The fourth-order valence-corrected chi connectivity index (χ4v) is 2.31. The van der Waals surface area contributed by atoms with Crippen LogP contribution in [0.5, 0.6) is 5.75 Å². The number of aliphatic hydroxyl groups is 2. The van der Waals surface area contributed by atoms with Crippen LogP contribution in [-0.2, 0) is 6.42 Å². The van der Waals surface area contributed by atoms with Crippen molar-refractivity contribution in [1.29, 1.82) is 0 Å². The quantitative estimate of drug-likeness (QED) is 0.810. The monoisotopic (exact) mass is 286 g/mol. The fourth-order valence-electron chi connectivity index (χ4n) is 2.14. The summed E-state index contributed by atoms with van der Waals surface area (Å²) in [6.45, 7) is 6.51. The van der Waals surface area contributed by atoms with Crippen molar-refractivity contribution in [3.05, 3.63) is 27.8 Å². The largest absolute Gasteiger partial charge is 0.494 e. The summed E-state index contributed by atoms with van der Waals surface area (Å²) in [5, 5.41) is 19.0. The Hall–Kier alpha value is -0.770. The lowest BCUT2D eigenvalue weighted by atomic mass is 9.95. The Balaban J connectivity index is 2.99. The van der Waals surface area contributed by atoms with E-state index in [4.69, 9.17) is 26.6 Å². The van der Waals surface area contributed by atoms with Crippen molar-refractivity contribution in [3.8, 4) is 5.75 Å². The summed E-state index contributed by atoms with van der Waals surface area (Å²) in [5.41, 5.74) is 3.11. The van der Waals surface area contributed by atoms with E-state index in [0.717, 1.165) is 33.9 Å². The van der Waals surface area contributed by atoms with E-state index >= 15 is 0 Å². The van der Waals surface area contributed by atoms with Gasteiger partial charge in [0.1, 0.15) is 5.75 Å². The van der Waals surface area contributed by atoms with Crippen molar-refractivity contribution in [3.63, 3.8) is 0 Å². The molecule has 1 aromatic rings. The van der Waals surface area contributed by atoms with E-state index < -0.39 is 0 Å². The van der Waals surface area contributed by atoms with Crippen LogP contribution in [0.2, 0.25) is 5.02 Å². The molecule has 0 radical (unpaired) electrons. The predicted octanol–water partition coefficient (Wildman–Crippen LogP) is 2.89. The highest BCUT2D eigenvalue weighted by Gasteiger charge is 2.15. The lowest BCUT2D eigenvalue weighted by Crippen LogP contribution is -2.13. The zero-order valence-corrected chi connectivity index (χ0v) is 12.6. The van der Waals surface area contributed by atoms with Crippen molar-refractivity contribution >= 4 is 11.6 Å². The van der Waals surface area contributed by atoms with E-state index in [1.54, 1.807) is 0 Å². The molecular weight excluding hydrogens is 264 g/mol. The molecule has 1 rings (SSSR count). The van der Waals surface area contributed by atoms with Gasteiger partial charge in [-0.25, -0.2) is 0 Å². The number of benzene rings is 1. The van der Waals surface area contributed by atoms with Gasteiger partial charge in [0.2, 0.25) is 0 Å². The van der Waals surface area contributed by atoms with Crippen LogP contribution in [-0.4, -0.2) is 30.0 Å². The molecule has 0 aliphatic heterocycles. The van der Waals surface area contributed by atoms with Crippen molar-refractivity contribution in [1.82, 2.24) is 0 Å². The lowest BCUT2D eigenvalue weighted by Gasteiger charge is -2.18. The minimum atomic E-state index is -0.0889. The van der Waals surface area contributed by atoms with Gasteiger partial charge in [-0.2, -0.15) is 0 Å². The van der Waals surface area contributed by atoms with E-state index in [1.165, 1.54) is 0 Å². The first-order valence-corrected chi connectivity index (χ1v) is 7.05. The molecule has 2 N–H and O–H groups in total. The number of aliphatic hydroxyl groups excluding tert-OH is 2. The molecule has 0 fully saturated rings. The van der Waals surface area contributed by atoms with E-state index in [1.807, 2.05) is 26.8 Å². The van der Waals surface area contributed by atoms with Gasteiger partial charge in [0.05, 0.1) is 6.61 Å². The van der Waals surface area contributed by atoms with Gasteiger partial charge in [-0.05, 0) is 56.4 Å². The van der Waals surface area contributed by atoms with Gasteiger partial charge < -0.3 is 14.9 Å². The molecular formula is C15H23ClO3. The minimum absolute atomic E-state index is 0.000884. The maximum absolute atomic E-state index is 9.13. The van der Waals surface area contributed by atoms with Crippen LogP contribution in [0, 0.1) is 19.8 Å². The first kappa shape index (κ1) is 16.3. The molecule has 0 aromatic heterocycles. The normalized spacial score (nSPS) is 11.1. The molecule has 0 saturated carbocycles. The molecule has 19 heavy (non-hydrogen) atoms. The van der Waals surface area contributed by atoms with E-state index in [-0.39, 0.29) is 19.1 Å². The molecule has 0 atom stereocenters. The van der Waals surface area contributed by atoms with Crippen molar-refractivity contribution in [2.24, 2.45) is 5.92 Å². The van der Waals surface area contributed by atoms with Crippen LogP contribution >= 0.6 is 11.6 Å². The van der Waals surface area contributed by atoms with Crippen LogP contribution in [0.25, 0.3) is 0 Å². The summed E-state index contributed by atoms with van der Waals surface area (Å²) in [5.74, 6) is 0.769. The van der Waals surface area contributed by atoms with Gasteiger partial charge in [0.15, 0.2) is 0 Å². The number of aryl methyl sites for hydroxylation is 1. The molecule has 4 heteroatoms. The molecule has 0 bridgehead atoms. The Morgan fingerprint density at radius 3 is 2.42 bits per heavy atom. The van der Waals surface area contributed by atoms with Gasteiger partial charge in [-0.1, -0.05) is 11.6 Å². The number of ether oxygens (including phenoxy) is 1. The van der Waals surface area contributed by atoms with E-state index in [2.05, 4.69) is 0 Å². The first-order valence-electron chi connectivity index (χ1n) is 6.68. The average Bonchev–Trinajstić information content (AvgIpc) is 2.40. The van der Waals surface area contributed by atoms with Crippen molar-refractivity contribution in [2.45, 2.75) is 33.6 Å². The van der Waals surface area contributed by atoms with Gasteiger partial charge in [0.25, 0.3) is 0 Å². The number of hydrogen-bond acceptors (Lipinski definition) is 3. The van der Waals surface area contributed by atoms with E-state index in [9.17, 15) is 0 Å². The Morgan fingerprint density at radius 1 is 1.26 bits per heavy atom. The van der Waals surface area contributed by atoms with Gasteiger partial charge >= 0.3 is 0 Å². The molecule has 0 unspecified atom stereocenters. The molecule has 0 saturated heterocycles. The predicted molar refractivity (Wildman–Crippen MR) is 78.1 cm³/mol. The highest BCUT2D eigenvalue weighted by Crippen LogP contribution is 2.33. The minimum Gasteiger partial charge on any atom is -0.494 e. The average molecular weight is 287 g/mol. The zero-order valence-electron chi connectivity index (χ0n) is 11.9. The van der Waals surface area contributed by atoms with Crippen molar-refractivity contribution < 1.29 is 14.9 Å². The maximum Gasteiger partial charge on any atom is 0.123 e. The number of halogens is 1. The summed E-state index contributed by atoms with van der Waals surface area (Å²) < 4.78 is 5.67. The molecule has 108 valence electrons. The maximum atomic E-state index is 9.13. The first-order chi connectivity index (χ1) is 9.04. The Bertz CT molecular complexity index is 414.